The third-order valence-electron chi connectivity index (χ3n) is 3.93. The molecular weight excluding hydrogens is 156 g/mol. The Kier molecular flexibility index (Phi) is 3.21. The highest BCUT2D eigenvalue weighted by molar-refractivity contribution is 5.17. The number of hydrogen-bond donors (Lipinski definition) is 0. The first-order chi connectivity index (χ1) is 5.93. The molecule has 0 spiro atoms. The van der Waals surface area contributed by atoms with Crippen molar-refractivity contribution >= 4 is 0 Å². The van der Waals surface area contributed by atoms with E-state index in [-0.39, 0.29) is 0 Å². The van der Waals surface area contributed by atoms with E-state index in [0.717, 1.165) is 5.92 Å². The highest BCUT2D eigenvalue weighted by Crippen LogP contribution is 2.38. The normalized spacial score (nSPS) is 35.3. The second-order valence-corrected chi connectivity index (χ2v) is 5.47. The van der Waals surface area contributed by atoms with Crippen molar-refractivity contribution in [2.24, 2.45) is 11.3 Å². The highest BCUT2D eigenvalue weighted by Gasteiger charge is 2.24. The van der Waals surface area contributed by atoms with Gasteiger partial charge >= 0.3 is 0 Å². The topological polar surface area (TPSA) is 0 Å². The van der Waals surface area contributed by atoms with E-state index < -0.39 is 0 Å². The van der Waals surface area contributed by atoms with Crippen LogP contribution in [0.1, 0.15) is 60.3 Å². The van der Waals surface area contributed by atoms with E-state index in [4.69, 9.17) is 0 Å². The minimum absolute atomic E-state index is 0.443. The summed E-state index contributed by atoms with van der Waals surface area (Å²) in [7, 11) is 0. The fourth-order valence-electron chi connectivity index (χ4n) is 2.17. The van der Waals surface area contributed by atoms with Gasteiger partial charge in [-0.3, -0.25) is 0 Å². The molecule has 0 heterocycles. The molecule has 76 valence electrons. The monoisotopic (exact) mass is 180 g/mol. The lowest BCUT2D eigenvalue weighted by Crippen LogP contribution is -2.18. The number of rotatable bonds is 0. The van der Waals surface area contributed by atoms with E-state index in [9.17, 15) is 0 Å². The molecule has 0 radical (unpaired) electrons. The Morgan fingerprint density at radius 2 is 1.77 bits per heavy atom. The molecule has 0 saturated heterocycles. The summed E-state index contributed by atoms with van der Waals surface area (Å²) >= 11 is 0. The molecule has 1 unspecified atom stereocenters. The Morgan fingerprint density at radius 3 is 2.38 bits per heavy atom. The summed E-state index contributed by atoms with van der Waals surface area (Å²) in [6.07, 6.45) is 5.46. The molecule has 0 heteroatoms. The molecule has 0 amide bonds. The van der Waals surface area contributed by atoms with Crippen LogP contribution in [0.5, 0.6) is 0 Å². The molecule has 0 saturated carbocycles. The molecule has 1 aliphatic rings. The first-order valence-electron chi connectivity index (χ1n) is 5.60. The van der Waals surface area contributed by atoms with Crippen molar-refractivity contribution in [3.63, 3.8) is 0 Å². The molecule has 1 atom stereocenters. The molecule has 0 bridgehead atoms. The van der Waals surface area contributed by atoms with Crippen LogP contribution in [-0.4, -0.2) is 0 Å². The van der Waals surface area contributed by atoms with Crippen LogP contribution in [0, 0.1) is 11.3 Å². The Morgan fingerprint density at radius 1 is 1.15 bits per heavy atom. The number of hydrogen-bond acceptors (Lipinski definition) is 0. The lowest BCUT2D eigenvalue weighted by molar-refractivity contribution is 0.327. The SMILES string of the molecule is C/C1=C(\C)C(C)(C)CCC(C)CC1. The second kappa shape index (κ2) is 3.86. The summed E-state index contributed by atoms with van der Waals surface area (Å²) in [5.41, 5.74) is 3.72. The first-order valence-corrected chi connectivity index (χ1v) is 5.60. The van der Waals surface area contributed by atoms with Gasteiger partial charge in [-0.15, -0.1) is 0 Å². The Hall–Kier alpha value is -0.260. The Balaban J connectivity index is 2.86. The minimum atomic E-state index is 0.443. The van der Waals surface area contributed by atoms with Gasteiger partial charge in [0.05, 0.1) is 0 Å². The van der Waals surface area contributed by atoms with Crippen molar-refractivity contribution in [2.45, 2.75) is 60.3 Å². The van der Waals surface area contributed by atoms with Crippen LogP contribution in [-0.2, 0) is 0 Å². The summed E-state index contributed by atoms with van der Waals surface area (Å²) in [6.45, 7) is 11.8. The van der Waals surface area contributed by atoms with Gasteiger partial charge in [0.2, 0.25) is 0 Å². The van der Waals surface area contributed by atoms with Crippen molar-refractivity contribution in [1.82, 2.24) is 0 Å². The summed E-state index contributed by atoms with van der Waals surface area (Å²) in [4.78, 5) is 0. The maximum atomic E-state index is 2.39. The standard InChI is InChI=1S/C13H24/c1-10-6-7-11(2)12(3)13(4,5)9-8-10/h10H,6-9H2,1-5H3/b12-11-. The van der Waals surface area contributed by atoms with Crippen molar-refractivity contribution in [2.75, 3.05) is 0 Å². The third kappa shape index (κ3) is 2.59. The van der Waals surface area contributed by atoms with Crippen LogP contribution in [0.2, 0.25) is 0 Å². The summed E-state index contributed by atoms with van der Waals surface area (Å²) in [5.74, 6) is 0.919. The first kappa shape index (κ1) is 10.8. The van der Waals surface area contributed by atoms with Gasteiger partial charge in [-0.05, 0) is 50.9 Å². The Bertz CT molecular complexity index is 208. The van der Waals surface area contributed by atoms with E-state index >= 15 is 0 Å². The van der Waals surface area contributed by atoms with Gasteiger partial charge in [0.1, 0.15) is 0 Å². The van der Waals surface area contributed by atoms with E-state index in [1.807, 2.05) is 0 Å². The minimum Gasteiger partial charge on any atom is -0.0738 e. The maximum absolute atomic E-state index is 2.39. The van der Waals surface area contributed by atoms with Gasteiger partial charge in [0, 0.05) is 0 Å². The predicted molar refractivity (Wildman–Crippen MR) is 59.8 cm³/mol. The third-order valence-corrected chi connectivity index (χ3v) is 3.93. The van der Waals surface area contributed by atoms with E-state index in [0.29, 0.717) is 5.41 Å². The highest BCUT2D eigenvalue weighted by atomic mass is 14.3. The van der Waals surface area contributed by atoms with Crippen LogP contribution in [0.3, 0.4) is 0 Å². The molecule has 0 N–H and O–H groups in total. The van der Waals surface area contributed by atoms with Crippen molar-refractivity contribution < 1.29 is 0 Å². The zero-order valence-corrected chi connectivity index (χ0v) is 9.91. The summed E-state index contributed by atoms with van der Waals surface area (Å²) < 4.78 is 0. The van der Waals surface area contributed by atoms with Crippen LogP contribution in [0.4, 0.5) is 0 Å². The van der Waals surface area contributed by atoms with Gasteiger partial charge in [-0.1, -0.05) is 31.9 Å². The molecule has 0 aromatic rings. The molecule has 0 aliphatic heterocycles. The lowest BCUT2D eigenvalue weighted by atomic mass is 9.74. The average Bonchev–Trinajstić information content (AvgIpc) is 2.08. The lowest BCUT2D eigenvalue weighted by Gasteiger charge is -2.32. The summed E-state index contributed by atoms with van der Waals surface area (Å²) in [5, 5.41) is 0. The van der Waals surface area contributed by atoms with Crippen LogP contribution < -0.4 is 0 Å². The van der Waals surface area contributed by atoms with Crippen LogP contribution >= 0.6 is 0 Å². The molecule has 0 fully saturated rings. The largest absolute Gasteiger partial charge is 0.0738 e. The quantitative estimate of drug-likeness (QED) is 0.479. The smallest absolute Gasteiger partial charge is 0.0145 e. The fraction of sp³-hybridized carbons (Fsp3) is 0.846. The molecule has 1 aliphatic carbocycles. The van der Waals surface area contributed by atoms with Gasteiger partial charge in [-0.2, -0.15) is 0 Å². The van der Waals surface area contributed by atoms with Gasteiger partial charge in [-0.25, -0.2) is 0 Å². The molecule has 0 aromatic carbocycles. The Labute approximate surface area is 83.4 Å². The predicted octanol–water partition coefficient (Wildman–Crippen LogP) is 4.56. The van der Waals surface area contributed by atoms with E-state index in [2.05, 4.69) is 34.6 Å². The van der Waals surface area contributed by atoms with E-state index in [1.165, 1.54) is 25.7 Å². The van der Waals surface area contributed by atoms with E-state index in [1.54, 1.807) is 11.1 Å². The van der Waals surface area contributed by atoms with Crippen molar-refractivity contribution in [1.29, 1.82) is 0 Å². The molecule has 0 nitrogen and oxygen atoms in total. The van der Waals surface area contributed by atoms with Gasteiger partial charge in [0.25, 0.3) is 0 Å². The van der Waals surface area contributed by atoms with Gasteiger partial charge < -0.3 is 0 Å². The van der Waals surface area contributed by atoms with Crippen molar-refractivity contribution in [3.05, 3.63) is 11.1 Å². The molecule has 1 rings (SSSR count). The zero-order chi connectivity index (χ0) is 10.1. The molecular formula is C13H24. The van der Waals surface area contributed by atoms with Gasteiger partial charge in [0.15, 0.2) is 0 Å². The molecule has 0 aromatic heterocycles. The molecule has 13 heavy (non-hydrogen) atoms. The second-order valence-electron chi connectivity index (χ2n) is 5.47. The number of allylic oxidation sites excluding steroid dienone is 2. The zero-order valence-electron chi connectivity index (χ0n) is 9.91. The maximum Gasteiger partial charge on any atom is -0.0145 e. The van der Waals surface area contributed by atoms with Crippen LogP contribution in [0.25, 0.3) is 0 Å². The summed E-state index contributed by atoms with van der Waals surface area (Å²) in [6, 6.07) is 0. The van der Waals surface area contributed by atoms with Crippen molar-refractivity contribution in [3.8, 4) is 0 Å². The van der Waals surface area contributed by atoms with Crippen LogP contribution in [0.15, 0.2) is 11.1 Å². The average molecular weight is 180 g/mol. The fourth-order valence-corrected chi connectivity index (χ4v) is 2.17.